The van der Waals surface area contributed by atoms with Gasteiger partial charge in [-0.05, 0) is 19.8 Å². The number of aryl methyl sites for hydroxylation is 2. The van der Waals surface area contributed by atoms with E-state index in [0.29, 0.717) is 5.92 Å². The van der Waals surface area contributed by atoms with Gasteiger partial charge in [0.1, 0.15) is 0 Å². The smallest absolute Gasteiger partial charge is 0.158 e. The van der Waals surface area contributed by atoms with Crippen LogP contribution in [0.3, 0.4) is 0 Å². The maximum absolute atomic E-state index is 4.55. The summed E-state index contributed by atoms with van der Waals surface area (Å²) < 4.78 is 2.06. The zero-order valence-corrected chi connectivity index (χ0v) is 9.07. The Bertz CT molecular complexity index is 469. The standard InChI is InChI=1S/C11H15N3/c1-7(2)10-6-14-5-8(3)12-9(4)11(14)13-10/h5-7H,1-4H3. The average molecular weight is 189 g/mol. The van der Waals surface area contributed by atoms with E-state index in [1.807, 2.05) is 20.0 Å². The van der Waals surface area contributed by atoms with Gasteiger partial charge in [-0.1, -0.05) is 13.8 Å². The normalized spacial score (nSPS) is 11.5. The molecule has 74 valence electrons. The third-order valence-corrected chi connectivity index (χ3v) is 2.34. The second-order valence-electron chi connectivity index (χ2n) is 4.02. The van der Waals surface area contributed by atoms with Crippen molar-refractivity contribution >= 4 is 5.65 Å². The van der Waals surface area contributed by atoms with Crippen LogP contribution in [0.15, 0.2) is 12.4 Å². The zero-order chi connectivity index (χ0) is 10.3. The molecule has 0 aliphatic carbocycles. The molecule has 0 aromatic carbocycles. The molecule has 0 aliphatic rings. The number of imidazole rings is 1. The van der Waals surface area contributed by atoms with Gasteiger partial charge in [-0.2, -0.15) is 0 Å². The van der Waals surface area contributed by atoms with E-state index in [9.17, 15) is 0 Å². The number of rotatable bonds is 1. The summed E-state index contributed by atoms with van der Waals surface area (Å²) in [5, 5.41) is 0. The van der Waals surface area contributed by atoms with Gasteiger partial charge < -0.3 is 4.40 Å². The fourth-order valence-corrected chi connectivity index (χ4v) is 1.60. The Morgan fingerprint density at radius 1 is 1.14 bits per heavy atom. The summed E-state index contributed by atoms with van der Waals surface area (Å²) in [6, 6.07) is 0. The molecule has 14 heavy (non-hydrogen) atoms. The molecule has 0 atom stereocenters. The van der Waals surface area contributed by atoms with Gasteiger partial charge in [-0.3, -0.25) is 4.98 Å². The molecule has 3 heteroatoms. The zero-order valence-electron chi connectivity index (χ0n) is 9.07. The summed E-state index contributed by atoms with van der Waals surface area (Å²) in [6.45, 7) is 8.30. The third kappa shape index (κ3) is 1.39. The van der Waals surface area contributed by atoms with Gasteiger partial charge in [0.05, 0.1) is 17.1 Å². The van der Waals surface area contributed by atoms with Crippen LogP contribution >= 0.6 is 0 Å². The van der Waals surface area contributed by atoms with E-state index in [0.717, 1.165) is 22.7 Å². The molecule has 0 bridgehead atoms. The Labute approximate surface area is 83.8 Å². The number of aromatic nitrogens is 3. The average Bonchev–Trinajstić information content (AvgIpc) is 2.47. The van der Waals surface area contributed by atoms with Crippen molar-refractivity contribution in [2.45, 2.75) is 33.6 Å². The van der Waals surface area contributed by atoms with Crippen molar-refractivity contribution < 1.29 is 0 Å². The minimum atomic E-state index is 0.467. The Morgan fingerprint density at radius 3 is 2.50 bits per heavy atom. The summed E-state index contributed by atoms with van der Waals surface area (Å²) in [4.78, 5) is 8.94. The van der Waals surface area contributed by atoms with Gasteiger partial charge in [0.2, 0.25) is 0 Å². The molecular weight excluding hydrogens is 174 g/mol. The molecule has 2 aromatic rings. The Kier molecular flexibility index (Phi) is 2.02. The van der Waals surface area contributed by atoms with Crippen molar-refractivity contribution in [2.75, 3.05) is 0 Å². The fraction of sp³-hybridized carbons (Fsp3) is 0.455. The number of hydrogen-bond donors (Lipinski definition) is 0. The van der Waals surface area contributed by atoms with Crippen LogP contribution in [-0.4, -0.2) is 14.4 Å². The molecule has 0 aliphatic heterocycles. The molecule has 2 aromatic heterocycles. The molecule has 0 unspecified atom stereocenters. The highest BCUT2D eigenvalue weighted by atomic mass is 15.0. The van der Waals surface area contributed by atoms with Crippen LogP contribution in [0.25, 0.3) is 5.65 Å². The first-order valence-electron chi connectivity index (χ1n) is 4.91. The van der Waals surface area contributed by atoms with Crippen molar-refractivity contribution in [3.05, 3.63) is 29.5 Å². The van der Waals surface area contributed by atoms with E-state index in [2.05, 4.69) is 34.4 Å². The van der Waals surface area contributed by atoms with E-state index in [-0.39, 0.29) is 0 Å². The highest BCUT2D eigenvalue weighted by molar-refractivity contribution is 5.45. The van der Waals surface area contributed by atoms with Gasteiger partial charge in [-0.25, -0.2) is 4.98 Å². The van der Waals surface area contributed by atoms with Crippen LogP contribution in [0.5, 0.6) is 0 Å². The van der Waals surface area contributed by atoms with E-state index in [4.69, 9.17) is 0 Å². The maximum Gasteiger partial charge on any atom is 0.158 e. The van der Waals surface area contributed by atoms with Crippen LogP contribution in [0.1, 0.15) is 36.8 Å². The quantitative estimate of drug-likeness (QED) is 0.689. The number of fused-ring (bicyclic) bond motifs is 1. The molecule has 3 nitrogen and oxygen atoms in total. The Hall–Kier alpha value is -1.38. The SMILES string of the molecule is Cc1cn2cc(C(C)C)nc2c(C)n1. The summed E-state index contributed by atoms with van der Waals surface area (Å²) in [5.74, 6) is 0.467. The third-order valence-electron chi connectivity index (χ3n) is 2.34. The molecule has 0 amide bonds. The highest BCUT2D eigenvalue weighted by Gasteiger charge is 2.07. The van der Waals surface area contributed by atoms with Crippen LogP contribution in [0.4, 0.5) is 0 Å². The Morgan fingerprint density at radius 2 is 1.86 bits per heavy atom. The number of nitrogens with zero attached hydrogens (tertiary/aromatic N) is 3. The second-order valence-corrected chi connectivity index (χ2v) is 4.02. The molecular formula is C11H15N3. The van der Waals surface area contributed by atoms with E-state index < -0.39 is 0 Å². The molecule has 0 saturated carbocycles. The van der Waals surface area contributed by atoms with Crippen LogP contribution < -0.4 is 0 Å². The molecule has 2 rings (SSSR count). The predicted octanol–water partition coefficient (Wildman–Crippen LogP) is 2.47. The summed E-state index contributed by atoms with van der Waals surface area (Å²) in [6.07, 6.45) is 4.10. The molecule has 0 spiro atoms. The highest BCUT2D eigenvalue weighted by Crippen LogP contribution is 2.16. The minimum Gasteiger partial charge on any atom is -0.303 e. The van der Waals surface area contributed by atoms with Gasteiger partial charge >= 0.3 is 0 Å². The van der Waals surface area contributed by atoms with Crippen molar-refractivity contribution in [1.82, 2.24) is 14.4 Å². The van der Waals surface area contributed by atoms with E-state index >= 15 is 0 Å². The first kappa shape index (κ1) is 9.19. The lowest BCUT2D eigenvalue weighted by atomic mass is 10.2. The second kappa shape index (κ2) is 3.08. The van der Waals surface area contributed by atoms with Crippen molar-refractivity contribution in [1.29, 1.82) is 0 Å². The van der Waals surface area contributed by atoms with Crippen LogP contribution in [0.2, 0.25) is 0 Å². The van der Waals surface area contributed by atoms with Gasteiger partial charge in [0.15, 0.2) is 5.65 Å². The van der Waals surface area contributed by atoms with E-state index in [1.54, 1.807) is 0 Å². The monoisotopic (exact) mass is 189 g/mol. The lowest BCUT2D eigenvalue weighted by Crippen LogP contribution is -1.93. The van der Waals surface area contributed by atoms with Crippen molar-refractivity contribution in [2.24, 2.45) is 0 Å². The molecule has 0 radical (unpaired) electrons. The lowest BCUT2D eigenvalue weighted by Gasteiger charge is -1.98. The topological polar surface area (TPSA) is 30.2 Å². The van der Waals surface area contributed by atoms with Crippen LogP contribution in [-0.2, 0) is 0 Å². The van der Waals surface area contributed by atoms with Gasteiger partial charge in [-0.15, -0.1) is 0 Å². The maximum atomic E-state index is 4.55. The molecule has 2 heterocycles. The number of hydrogen-bond acceptors (Lipinski definition) is 2. The molecule has 0 fully saturated rings. The Balaban J connectivity index is 2.70. The van der Waals surface area contributed by atoms with Gasteiger partial charge in [0, 0.05) is 12.4 Å². The molecule has 0 N–H and O–H groups in total. The van der Waals surface area contributed by atoms with Crippen molar-refractivity contribution in [3.63, 3.8) is 0 Å². The largest absolute Gasteiger partial charge is 0.303 e. The van der Waals surface area contributed by atoms with Gasteiger partial charge in [0.25, 0.3) is 0 Å². The summed E-state index contributed by atoms with van der Waals surface area (Å²) >= 11 is 0. The minimum absolute atomic E-state index is 0.467. The first-order valence-corrected chi connectivity index (χ1v) is 4.91. The molecule has 0 saturated heterocycles. The van der Waals surface area contributed by atoms with Crippen molar-refractivity contribution in [3.8, 4) is 0 Å². The van der Waals surface area contributed by atoms with E-state index in [1.165, 1.54) is 0 Å². The predicted molar refractivity (Wildman–Crippen MR) is 56.6 cm³/mol. The summed E-state index contributed by atoms with van der Waals surface area (Å²) in [7, 11) is 0. The fourth-order valence-electron chi connectivity index (χ4n) is 1.60. The van der Waals surface area contributed by atoms with Crippen LogP contribution in [0, 0.1) is 13.8 Å². The lowest BCUT2D eigenvalue weighted by molar-refractivity contribution is 0.834. The first-order chi connectivity index (χ1) is 6.58. The summed E-state index contributed by atoms with van der Waals surface area (Å²) in [5.41, 5.74) is 4.12.